The minimum atomic E-state index is -0.0441. The molecule has 5 nitrogen and oxygen atoms in total. The fourth-order valence-electron chi connectivity index (χ4n) is 2.11. The molecule has 0 saturated heterocycles. The molecule has 0 aliphatic heterocycles. The first-order valence-corrected chi connectivity index (χ1v) is 7.98. The molecule has 0 bridgehead atoms. The fourth-order valence-corrected chi connectivity index (χ4v) is 3.28. The molecule has 3 rings (SSSR count). The number of anilines is 1. The Balaban J connectivity index is 1.59. The van der Waals surface area contributed by atoms with Crippen LogP contribution in [0.2, 0.25) is 0 Å². The zero-order valence-electron chi connectivity index (χ0n) is 12.0. The van der Waals surface area contributed by atoms with E-state index >= 15 is 0 Å². The molecule has 2 N–H and O–H groups in total. The largest absolute Gasteiger partial charge is 0.383 e. The molecule has 0 atom stereocenters. The Morgan fingerprint density at radius 2 is 2.33 bits per heavy atom. The van der Waals surface area contributed by atoms with Crippen LogP contribution in [-0.2, 0) is 9.53 Å². The molecule has 1 aliphatic rings. The second-order valence-electron chi connectivity index (χ2n) is 5.23. The van der Waals surface area contributed by atoms with Gasteiger partial charge in [-0.2, -0.15) is 0 Å². The maximum atomic E-state index is 11.8. The normalized spacial score (nSPS) is 14.5. The van der Waals surface area contributed by atoms with Gasteiger partial charge < -0.3 is 15.4 Å². The number of nitrogens with zero attached hydrogens (tertiary/aromatic N) is 1. The second-order valence-corrected chi connectivity index (χ2v) is 6.29. The van der Waals surface area contributed by atoms with E-state index in [1.54, 1.807) is 18.4 Å². The van der Waals surface area contributed by atoms with Crippen molar-refractivity contribution in [2.75, 3.05) is 32.1 Å². The Labute approximate surface area is 127 Å². The summed E-state index contributed by atoms with van der Waals surface area (Å²) in [7, 11) is 1.64. The Bertz CT molecular complexity index is 637. The van der Waals surface area contributed by atoms with E-state index in [9.17, 15) is 4.79 Å². The fraction of sp³-hybridized carbons (Fsp3) is 0.467. The zero-order chi connectivity index (χ0) is 14.7. The van der Waals surface area contributed by atoms with E-state index < -0.39 is 0 Å². The van der Waals surface area contributed by atoms with Gasteiger partial charge in [-0.25, -0.2) is 4.98 Å². The van der Waals surface area contributed by atoms with Gasteiger partial charge in [-0.1, -0.05) is 0 Å². The lowest BCUT2D eigenvalue weighted by Crippen LogP contribution is -2.30. The number of fused-ring (bicyclic) bond motifs is 1. The van der Waals surface area contributed by atoms with Gasteiger partial charge in [0.25, 0.3) is 0 Å². The van der Waals surface area contributed by atoms with E-state index in [2.05, 4.69) is 15.6 Å². The summed E-state index contributed by atoms with van der Waals surface area (Å²) in [6, 6.07) is 5.89. The second kappa shape index (κ2) is 6.51. The maximum Gasteiger partial charge on any atom is 0.238 e. The number of thiazole rings is 1. The number of carbonyl (C=O) groups excluding carboxylic acids is 1. The standard InChI is InChI=1S/C15H19N3O2S/c1-20-7-6-16-9-14(19)17-11-4-5-12-13(8-11)21-15(18-12)10-2-3-10/h4-5,8,10,16H,2-3,6-7,9H2,1H3,(H,17,19). The smallest absolute Gasteiger partial charge is 0.238 e. The number of benzene rings is 1. The van der Waals surface area contributed by atoms with Crippen molar-refractivity contribution in [3.63, 3.8) is 0 Å². The Morgan fingerprint density at radius 1 is 1.48 bits per heavy atom. The Morgan fingerprint density at radius 3 is 3.10 bits per heavy atom. The number of hydrogen-bond donors (Lipinski definition) is 2. The quantitative estimate of drug-likeness (QED) is 0.771. The van der Waals surface area contributed by atoms with Crippen LogP contribution in [0.1, 0.15) is 23.8 Å². The third-order valence-corrected chi connectivity index (χ3v) is 4.56. The lowest BCUT2D eigenvalue weighted by molar-refractivity contribution is -0.115. The molecule has 2 aromatic rings. The topological polar surface area (TPSA) is 63.2 Å². The molecule has 112 valence electrons. The number of ether oxygens (including phenoxy) is 1. The van der Waals surface area contributed by atoms with Crippen LogP contribution in [0.3, 0.4) is 0 Å². The van der Waals surface area contributed by atoms with Gasteiger partial charge in [0.2, 0.25) is 5.91 Å². The summed E-state index contributed by atoms with van der Waals surface area (Å²) in [5.74, 6) is 0.628. The summed E-state index contributed by atoms with van der Waals surface area (Å²) in [6.45, 7) is 1.56. The first-order valence-electron chi connectivity index (χ1n) is 7.16. The monoisotopic (exact) mass is 305 g/mol. The molecular weight excluding hydrogens is 286 g/mol. The molecule has 1 saturated carbocycles. The van der Waals surface area contributed by atoms with Gasteiger partial charge in [0, 0.05) is 25.3 Å². The highest BCUT2D eigenvalue weighted by atomic mass is 32.1. The third-order valence-electron chi connectivity index (χ3n) is 3.38. The van der Waals surface area contributed by atoms with Crippen molar-refractivity contribution in [1.82, 2.24) is 10.3 Å². The highest BCUT2D eigenvalue weighted by molar-refractivity contribution is 7.18. The van der Waals surface area contributed by atoms with Crippen molar-refractivity contribution in [2.24, 2.45) is 0 Å². The van der Waals surface area contributed by atoms with Gasteiger partial charge in [0.15, 0.2) is 0 Å². The lowest BCUT2D eigenvalue weighted by Gasteiger charge is -2.06. The zero-order valence-corrected chi connectivity index (χ0v) is 12.8. The summed E-state index contributed by atoms with van der Waals surface area (Å²) in [5.41, 5.74) is 1.85. The van der Waals surface area contributed by atoms with Gasteiger partial charge >= 0.3 is 0 Å². The van der Waals surface area contributed by atoms with Crippen LogP contribution in [-0.4, -0.2) is 37.7 Å². The van der Waals surface area contributed by atoms with Crippen LogP contribution in [0.25, 0.3) is 10.2 Å². The van der Waals surface area contributed by atoms with E-state index in [1.165, 1.54) is 17.8 Å². The molecule has 1 aliphatic carbocycles. The van der Waals surface area contributed by atoms with Crippen LogP contribution in [0.15, 0.2) is 18.2 Å². The lowest BCUT2D eigenvalue weighted by atomic mass is 10.3. The molecule has 0 unspecified atom stereocenters. The molecular formula is C15H19N3O2S. The highest BCUT2D eigenvalue weighted by Crippen LogP contribution is 2.43. The summed E-state index contributed by atoms with van der Waals surface area (Å²) in [6.07, 6.45) is 2.52. The van der Waals surface area contributed by atoms with Crippen molar-refractivity contribution in [3.05, 3.63) is 23.2 Å². The van der Waals surface area contributed by atoms with Crippen molar-refractivity contribution in [1.29, 1.82) is 0 Å². The summed E-state index contributed by atoms with van der Waals surface area (Å²) < 4.78 is 6.06. The molecule has 0 spiro atoms. The molecule has 21 heavy (non-hydrogen) atoms. The number of methoxy groups -OCH3 is 1. The summed E-state index contributed by atoms with van der Waals surface area (Å²) in [4.78, 5) is 16.5. The number of amides is 1. The predicted octanol–water partition coefficient (Wildman–Crippen LogP) is 2.35. The van der Waals surface area contributed by atoms with E-state index in [4.69, 9.17) is 4.74 Å². The van der Waals surface area contributed by atoms with Crippen LogP contribution in [0, 0.1) is 0 Å². The summed E-state index contributed by atoms with van der Waals surface area (Å²) >= 11 is 1.74. The van der Waals surface area contributed by atoms with Crippen molar-refractivity contribution >= 4 is 33.1 Å². The van der Waals surface area contributed by atoms with E-state index in [0.717, 1.165) is 15.9 Å². The van der Waals surface area contributed by atoms with Gasteiger partial charge in [0.1, 0.15) is 0 Å². The number of aromatic nitrogens is 1. The average molecular weight is 305 g/mol. The van der Waals surface area contributed by atoms with Crippen LogP contribution >= 0.6 is 11.3 Å². The van der Waals surface area contributed by atoms with Crippen LogP contribution in [0.5, 0.6) is 0 Å². The molecule has 1 aromatic heterocycles. The predicted molar refractivity (Wildman–Crippen MR) is 85.0 cm³/mol. The van der Waals surface area contributed by atoms with Crippen molar-refractivity contribution < 1.29 is 9.53 Å². The van der Waals surface area contributed by atoms with Gasteiger partial charge in [-0.3, -0.25) is 4.79 Å². The number of rotatable bonds is 7. The highest BCUT2D eigenvalue weighted by Gasteiger charge is 2.26. The third kappa shape index (κ3) is 3.78. The molecule has 1 heterocycles. The van der Waals surface area contributed by atoms with Gasteiger partial charge in [0.05, 0.1) is 28.4 Å². The van der Waals surface area contributed by atoms with E-state index in [-0.39, 0.29) is 12.5 Å². The minimum absolute atomic E-state index is 0.0441. The number of nitrogens with one attached hydrogen (secondary N) is 2. The first-order chi connectivity index (χ1) is 10.3. The van der Waals surface area contributed by atoms with E-state index in [0.29, 0.717) is 19.1 Å². The van der Waals surface area contributed by atoms with E-state index in [1.807, 2.05) is 18.2 Å². The van der Waals surface area contributed by atoms with Gasteiger partial charge in [-0.15, -0.1) is 11.3 Å². The molecule has 1 fully saturated rings. The van der Waals surface area contributed by atoms with Gasteiger partial charge in [-0.05, 0) is 31.0 Å². The number of carbonyl (C=O) groups is 1. The summed E-state index contributed by atoms with van der Waals surface area (Å²) in [5, 5.41) is 7.16. The van der Waals surface area contributed by atoms with Crippen molar-refractivity contribution in [3.8, 4) is 0 Å². The van der Waals surface area contributed by atoms with Crippen molar-refractivity contribution in [2.45, 2.75) is 18.8 Å². The van der Waals surface area contributed by atoms with Crippen LogP contribution < -0.4 is 10.6 Å². The van der Waals surface area contributed by atoms with Crippen LogP contribution in [0.4, 0.5) is 5.69 Å². The Hall–Kier alpha value is -1.50. The molecule has 1 aromatic carbocycles. The molecule has 6 heteroatoms. The maximum absolute atomic E-state index is 11.8. The number of hydrogen-bond acceptors (Lipinski definition) is 5. The minimum Gasteiger partial charge on any atom is -0.383 e. The SMILES string of the molecule is COCCNCC(=O)Nc1ccc2nc(C3CC3)sc2c1. The first kappa shape index (κ1) is 14.4. The molecule has 1 amide bonds. The Kier molecular flexibility index (Phi) is 4.48. The molecule has 0 radical (unpaired) electrons. The average Bonchev–Trinajstić information content (AvgIpc) is 3.24.